The number of aliphatic imine (C=N–C) groups is 1. The minimum absolute atomic E-state index is 0.0943. The summed E-state index contributed by atoms with van der Waals surface area (Å²) in [7, 11) is 1.99. The Morgan fingerprint density at radius 3 is 2.66 bits per heavy atom. The van der Waals surface area contributed by atoms with Crippen molar-refractivity contribution in [3.8, 4) is 11.8 Å². The van der Waals surface area contributed by atoms with Gasteiger partial charge in [-0.3, -0.25) is 14.6 Å². The van der Waals surface area contributed by atoms with Crippen molar-refractivity contribution in [1.82, 2.24) is 9.80 Å². The van der Waals surface area contributed by atoms with Gasteiger partial charge in [0, 0.05) is 44.2 Å². The third-order valence-corrected chi connectivity index (χ3v) is 9.97. The van der Waals surface area contributed by atoms with E-state index in [1.807, 2.05) is 62.5 Å². The summed E-state index contributed by atoms with van der Waals surface area (Å²) >= 11 is 2.96. The molecule has 0 saturated carbocycles. The largest absolute Gasteiger partial charge is 0.492 e. The van der Waals surface area contributed by atoms with E-state index in [9.17, 15) is 10.1 Å². The molecule has 0 spiro atoms. The minimum atomic E-state index is -0.0943. The number of carbonyl (C=O) groups is 1. The summed E-state index contributed by atoms with van der Waals surface area (Å²) in [5, 5.41) is 14.3. The van der Waals surface area contributed by atoms with Crippen molar-refractivity contribution < 1.29 is 14.3 Å². The molecule has 0 bridgehead atoms. The van der Waals surface area contributed by atoms with Crippen LogP contribution >= 0.6 is 23.5 Å². The van der Waals surface area contributed by atoms with Crippen LogP contribution in [0.15, 0.2) is 86.6 Å². The molecule has 1 N–H and O–H groups in total. The number of benzene rings is 3. The van der Waals surface area contributed by atoms with Crippen molar-refractivity contribution in [2.45, 2.75) is 18.4 Å². The lowest BCUT2D eigenvalue weighted by molar-refractivity contribution is -0.122. The lowest BCUT2D eigenvalue weighted by Gasteiger charge is -2.26. The number of hydrogen-bond donors (Lipinski definition) is 1. The maximum Gasteiger partial charge on any atom is 0.269 e. The summed E-state index contributed by atoms with van der Waals surface area (Å²) in [6.07, 6.45) is 0. The lowest BCUT2D eigenvalue weighted by atomic mass is 10.2. The highest BCUT2D eigenvalue weighted by atomic mass is 32.2. The molecule has 11 heteroatoms. The van der Waals surface area contributed by atoms with Crippen LogP contribution in [0.2, 0.25) is 0 Å². The fourth-order valence-electron chi connectivity index (χ4n) is 5.19. The molecule has 3 aromatic rings. The second-order valence-corrected chi connectivity index (χ2v) is 12.5. The fourth-order valence-corrected chi connectivity index (χ4v) is 7.51. The molecule has 1 amide bonds. The zero-order valence-corrected chi connectivity index (χ0v) is 26.4. The maximum absolute atomic E-state index is 14.1. The van der Waals surface area contributed by atoms with Gasteiger partial charge in [-0.2, -0.15) is 5.26 Å². The molecule has 226 valence electrons. The van der Waals surface area contributed by atoms with Crippen LogP contribution in [0.3, 0.4) is 0 Å². The summed E-state index contributed by atoms with van der Waals surface area (Å²) in [4.78, 5) is 26.9. The van der Waals surface area contributed by atoms with Gasteiger partial charge >= 0.3 is 0 Å². The van der Waals surface area contributed by atoms with Gasteiger partial charge in [0.25, 0.3) is 5.91 Å². The molecule has 44 heavy (non-hydrogen) atoms. The number of nitrogens with zero attached hydrogens (tertiary/aromatic N) is 5. The number of carbonyl (C=O) groups excluding carboxylic acids is 1. The molecule has 0 atom stereocenters. The summed E-state index contributed by atoms with van der Waals surface area (Å²) in [6.45, 7) is 7.98. The molecular weight excluding hydrogens is 593 g/mol. The summed E-state index contributed by atoms with van der Waals surface area (Å²) in [6, 6.07) is 23.6. The molecule has 3 aromatic carbocycles. The summed E-state index contributed by atoms with van der Waals surface area (Å²) in [5.41, 5.74) is 3.96. The van der Waals surface area contributed by atoms with E-state index >= 15 is 0 Å². The first-order chi connectivity index (χ1) is 21.5. The third kappa shape index (κ3) is 6.59. The van der Waals surface area contributed by atoms with E-state index in [1.165, 1.54) is 11.8 Å². The predicted octanol–water partition coefficient (Wildman–Crippen LogP) is 5.88. The Hall–Kier alpha value is -3.95. The summed E-state index contributed by atoms with van der Waals surface area (Å²) < 4.78 is 11.6. The first-order valence-corrected chi connectivity index (χ1v) is 16.3. The number of fused-ring (bicyclic) bond motifs is 1. The molecule has 0 aromatic heterocycles. The molecule has 3 aliphatic heterocycles. The van der Waals surface area contributed by atoms with Crippen molar-refractivity contribution in [2.75, 3.05) is 63.3 Å². The van der Waals surface area contributed by atoms with E-state index in [-0.39, 0.29) is 5.91 Å². The number of amidine groups is 1. The Morgan fingerprint density at radius 1 is 1.07 bits per heavy atom. The number of anilines is 2. The number of morpholine rings is 1. The molecular formula is C33H34N6O3S2. The third-order valence-electron chi connectivity index (χ3n) is 7.53. The fraction of sp³-hybridized carbons (Fsp3) is 0.303. The first kappa shape index (κ1) is 30.1. The first-order valence-electron chi connectivity index (χ1n) is 14.7. The molecule has 2 fully saturated rings. The molecule has 9 nitrogen and oxygen atoms in total. The van der Waals surface area contributed by atoms with Gasteiger partial charge in [-0.1, -0.05) is 42.1 Å². The normalized spacial score (nSPS) is 19.4. The quantitative estimate of drug-likeness (QED) is 0.293. The zero-order chi connectivity index (χ0) is 30.5. The van der Waals surface area contributed by atoms with E-state index in [0.29, 0.717) is 41.0 Å². The second-order valence-electron chi connectivity index (χ2n) is 10.5. The number of hydrogen-bond acceptors (Lipinski definition) is 10. The number of nitrogens with one attached hydrogen (secondary N) is 1. The van der Waals surface area contributed by atoms with Crippen LogP contribution in [-0.4, -0.2) is 73.9 Å². The number of thioether (sulfide) groups is 2. The highest BCUT2D eigenvalue weighted by Gasteiger charge is 2.39. The van der Waals surface area contributed by atoms with Gasteiger partial charge < -0.3 is 19.7 Å². The lowest BCUT2D eigenvalue weighted by Crippen LogP contribution is -2.38. The van der Waals surface area contributed by atoms with Gasteiger partial charge in [-0.05, 0) is 54.6 Å². The minimum Gasteiger partial charge on any atom is -0.492 e. The molecule has 3 heterocycles. The number of ether oxygens (including phenoxy) is 2. The average molecular weight is 627 g/mol. The smallest absolute Gasteiger partial charge is 0.269 e. The zero-order valence-electron chi connectivity index (χ0n) is 24.8. The molecule has 0 radical (unpaired) electrons. The monoisotopic (exact) mass is 626 g/mol. The molecule has 0 unspecified atom stereocenters. The van der Waals surface area contributed by atoms with Crippen LogP contribution in [0.25, 0.3) is 0 Å². The van der Waals surface area contributed by atoms with Crippen molar-refractivity contribution >= 4 is 51.7 Å². The van der Waals surface area contributed by atoms with Crippen molar-refractivity contribution in [3.63, 3.8) is 0 Å². The van der Waals surface area contributed by atoms with Gasteiger partial charge in [-0.15, -0.1) is 0 Å². The van der Waals surface area contributed by atoms with E-state index in [1.54, 1.807) is 28.8 Å². The molecule has 0 aliphatic carbocycles. The molecule has 3 aliphatic rings. The Bertz CT molecular complexity index is 1630. The van der Waals surface area contributed by atoms with E-state index in [0.717, 1.165) is 65.5 Å². The van der Waals surface area contributed by atoms with Crippen LogP contribution in [0, 0.1) is 11.3 Å². The maximum atomic E-state index is 14.1. The summed E-state index contributed by atoms with van der Waals surface area (Å²) in [5.74, 6) is 0.713. The van der Waals surface area contributed by atoms with E-state index in [4.69, 9.17) is 14.5 Å². The van der Waals surface area contributed by atoms with Gasteiger partial charge in [0.05, 0.1) is 53.5 Å². The van der Waals surface area contributed by atoms with Crippen LogP contribution in [0.1, 0.15) is 18.1 Å². The van der Waals surface area contributed by atoms with Crippen molar-refractivity contribution in [2.24, 2.45) is 4.99 Å². The standard InChI is InChI=1S/C33H34N6O3S2/c1-3-35-26-11-9-24(21-34)19-27(26)36-33-39(22-23-7-5-4-6-8-23)31(40)30(44-33)32-37(2)28-20-25(10-12-29(28)43-32)42-18-15-38-13-16-41-17-14-38/h4-12,19-20,35H,3,13-18,22H2,1-2H3/b32-30-,36-33?. The average Bonchev–Trinajstić information content (AvgIpc) is 3.54. The highest BCUT2D eigenvalue weighted by molar-refractivity contribution is 8.19. The predicted molar refractivity (Wildman–Crippen MR) is 177 cm³/mol. The topological polar surface area (TPSA) is 93.4 Å². The van der Waals surface area contributed by atoms with Crippen molar-refractivity contribution in [1.29, 1.82) is 5.26 Å². The van der Waals surface area contributed by atoms with Crippen molar-refractivity contribution in [3.05, 3.63) is 87.8 Å². The van der Waals surface area contributed by atoms with Crippen LogP contribution < -0.4 is 15.0 Å². The highest BCUT2D eigenvalue weighted by Crippen LogP contribution is 2.51. The van der Waals surface area contributed by atoms with Crippen LogP contribution in [-0.2, 0) is 16.1 Å². The van der Waals surface area contributed by atoms with Gasteiger partial charge in [0.15, 0.2) is 5.17 Å². The van der Waals surface area contributed by atoms with Crippen LogP contribution in [0.4, 0.5) is 17.1 Å². The Morgan fingerprint density at radius 2 is 1.89 bits per heavy atom. The van der Waals surface area contributed by atoms with E-state index < -0.39 is 0 Å². The van der Waals surface area contributed by atoms with Gasteiger partial charge in [-0.25, -0.2) is 4.99 Å². The Balaban J connectivity index is 1.28. The Kier molecular flexibility index (Phi) is 9.43. The number of nitriles is 1. The SMILES string of the molecule is CCNc1ccc(C#N)cc1N=C1S/C(=C2\Sc3ccc(OCCN4CCOCC4)cc3N2C)C(=O)N1Cc1ccccc1. The molecule has 2 saturated heterocycles. The van der Waals surface area contributed by atoms with Gasteiger partial charge in [0.1, 0.15) is 17.3 Å². The van der Waals surface area contributed by atoms with E-state index in [2.05, 4.69) is 27.3 Å². The Labute approximate surface area is 266 Å². The number of rotatable bonds is 9. The second kappa shape index (κ2) is 13.8. The molecule has 6 rings (SSSR count). The number of amides is 1. The van der Waals surface area contributed by atoms with Gasteiger partial charge in [0.2, 0.25) is 0 Å². The van der Waals surface area contributed by atoms with Crippen LogP contribution in [0.5, 0.6) is 5.75 Å².